The van der Waals surface area contributed by atoms with E-state index in [1.807, 2.05) is 0 Å². The molecule has 13 heavy (non-hydrogen) atoms. The summed E-state index contributed by atoms with van der Waals surface area (Å²) in [6.45, 7) is 0. The van der Waals surface area contributed by atoms with Crippen LogP contribution >= 0.6 is 15.9 Å². The Kier molecular flexibility index (Phi) is 3.00. The highest BCUT2D eigenvalue weighted by Gasteiger charge is 2.15. The molecule has 0 aliphatic carbocycles. The van der Waals surface area contributed by atoms with Crippen molar-refractivity contribution in [3.8, 4) is 0 Å². The van der Waals surface area contributed by atoms with Crippen molar-refractivity contribution in [1.82, 2.24) is 0 Å². The molecule has 0 fully saturated rings. The normalized spacial score (nSPS) is 12.5. The lowest BCUT2D eigenvalue weighted by Gasteiger charge is -2.09. The maximum atomic E-state index is 12.6. The van der Waals surface area contributed by atoms with Crippen LogP contribution in [0.4, 0.5) is 4.39 Å². The summed E-state index contributed by atoms with van der Waals surface area (Å²) in [6, 6.07) is 2.98. The zero-order valence-corrected chi connectivity index (χ0v) is 8.21. The molecular formula is C8H8BrFN2O. The van der Waals surface area contributed by atoms with Crippen LogP contribution < -0.4 is 11.5 Å². The van der Waals surface area contributed by atoms with Crippen molar-refractivity contribution in [3.63, 3.8) is 0 Å². The van der Waals surface area contributed by atoms with Gasteiger partial charge in [-0.3, -0.25) is 4.79 Å². The predicted octanol–water partition coefficient (Wildman–Crippen LogP) is 1.07. The average molecular weight is 247 g/mol. The van der Waals surface area contributed by atoms with Crippen LogP contribution in [0, 0.1) is 5.82 Å². The molecule has 0 bridgehead atoms. The Morgan fingerprint density at radius 1 is 1.54 bits per heavy atom. The highest BCUT2D eigenvalue weighted by molar-refractivity contribution is 9.10. The van der Waals surface area contributed by atoms with Gasteiger partial charge in [0.05, 0.1) is 0 Å². The number of benzene rings is 1. The first-order valence-electron chi connectivity index (χ1n) is 3.52. The smallest absolute Gasteiger partial charge is 0.238 e. The molecule has 0 aromatic heterocycles. The lowest BCUT2D eigenvalue weighted by atomic mass is 10.1. The fraction of sp³-hybridized carbons (Fsp3) is 0.125. The van der Waals surface area contributed by atoms with Gasteiger partial charge < -0.3 is 11.5 Å². The van der Waals surface area contributed by atoms with Gasteiger partial charge in [-0.2, -0.15) is 0 Å². The van der Waals surface area contributed by atoms with E-state index in [2.05, 4.69) is 15.9 Å². The number of primary amides is 1. The van der Waals surface area contributed by atoms with Crippen molar-refractivity contribution in [1.29, 1.82) is 0 Å². The first-order valence-corrected chi connectivity index (χ1v) is 4.31. The van der Waals surface area contributed by atoms with E-state index >= 15 is 0 Å². The van der Waals surface area contributed by atoms with E-state index in [1.165, 1.54) is 18.2 Å². The fourth-order valence-corrected chi connectivity index (χ4v) is 1.50. The maximum absolute atomic E-state index is 12.6. The minimum atomic E-state index is -0.907. The zero-order valence-electron chi connectivity index (χ0n) is 6.63. The summed E-state index contributed by atoms with van der Waals surface area (Å²) in [5.41, 5.74) is 10.9. The van der Waals surface area contributed by atoms with E-state index in [0.717, 1.165) is 0 Å². The standard InChI is InChI=1S/C8H8BrFN2O/c9-6-3-4(10)1-2-5(6)7(11)8(12)13/h1-3,7H,11H2,(H2,12,13). The van der Waals surface area contributed by atoms with Crippen molar-refractivity contribution in [3.05, 3.63) is 34.1 Å². The third kappa shape index (κ3) is 2.26. The number of nitrogens with two attached hydrogens (primary N) is 2. The van der Waals surface area contributed by atoms with Gasteiger partial charge in [0.1, 0.15) is 11.9 Å². The van der Waals surface area contributed by atoms with Gasteiger partial charge in [-0.25, -0.2) is 4.39 Å². The van der Waals surface area contributed by atoms with Gasteiger partial charge in [0.25, 0.3) is 0 Å². The first-order chi connectivity index (χ1) is 6.02. The van der Waals surface area contributed by atoms with Crippen LogP contribution in [0.3, 0.4) is 0 Å². The van der Waals surface area contributed by atoms with Gasteiger partial charge in [-0.1, -0.05) is 22.0 Å². The van der Waals surface area contributed by atoms with Crippen LogP contribution in [0.2, 0.25) is 0 Å². The SMILES string of the molecule is NC(=O)C(N)c1ccc(F)cc1Br. The molecule has 0 saturated carbocycles. The Morgan fingerprint density at radius 3 is 2.62 bits per heavy atom. The van der Waals surface area contributed by atoms with Crippen LogP contribution in [-0.4, -0.2) is 5.91 Å². The number of hydrogen-bond donors (Lipinski definition) is 2. The average Bonchev–Trinajstić information content (AvgIpc) is 2.03. The van der Waals surface area contributed by atoms with Gasteiger partial charge in [-0.05, 0) is 17.7 Å². The largest absolute Gasteiger partial charge is 0.368 e. The molecule has 5 heteroatoms. The minimum Gasteiger partial charge on any atom is -0.368 e. The third-order valence-electron chi connectivity index (χ3n) is 1.60. The molecule has 0 radical (unpaired) electrons. The van der Waals surface area contributed by atoms with Crippen molar-refractivity contribution in [2.24, 2.45) is 11.5 Å². The molecule has 1 aromatic carbocycles. The fourth-order valence-electron chi connectivity index (χ4n) is 0.907. The monoisotopic (exact) mass is 246 g/mol. The Morgan fingerprint density at radius 2 is 2.15 bits per heavy atom. The quantitative estimate of drug-likeness (QED) is 0.820. The van der Waals surface area contributed by atoms with Gasteiger partial charge in [-0.15, -0.1) is 0 Å². The number of halogens is 2. The first kappa shape index (κ1) is 10.1. The van der Waals surface area contributed by atoms with E-state index in [9.17, 15) is 9.18 Å². The number of carbonyl (C=O) groups is 1. The Balaban J connectivity index is 3.08. The number of carbonyl (C=O) groups excluding carboxylic acids is 1. The molecule has 1 aromatic rings. The predicted molar refractivity (Wildman–Crippen MR) is 50.2 cm³/mol. The van der Waals surface area contributed by atoms with E-state index in [0.29, 0.717) is 10.0 Å². The van der Waals surface area contributed by atoms with Gasteiger partial charge in [0.2, 0.25) is 5.91 Å². The minimum absolute atomic E-state index is 0.396. The Labute approximate surface area is 83.0 Å². The maximum Gasteiger partial charge on any atom is 0.238 e. The summed E-state index contributed by atoms with van der Waals surface area (Å²) < 4.78 is 13.1. The summed E-state index contributed by atoms with van der Waals surface area (Å²) in [7, 11) is 0. The van der Waals surface area contributed by atoms with Crippen LogP contribution in [0.25, 0.3) is 0 Å². The second kappa shape index (κ2) is 3.85. The van der Waals surface area contributed by atoms with Gasteiger partial charge in [0.15, 0.2) is 0 Å². The summed E-state index contributed by atoms with van der Waals surface area (Å²) >= 11 is 3.09. The summed E-state index contributed by atoms with van der Waals surface area (Å²) in [5.74, 6) is -1.04. The van der Waals surface area contributed by atoms with Crippen LogP contribution in [0.1, 0.15) is 11.6 Å². The molecule has 1 rings (SSSR count). The molecule has 0 aliphatic rings. The molecular weight excluding hydrogens is 239 g/mol. The van der Waals surface area contributed by atoms with Crippen molar-refractivity contribution in [2.75, 3.05) is 0 Å². The zero-order chi connectivity index (χ0) is 10.0. The van der Waals surface area contributed by atoms with E-state index < -0.39 is 17.8 Å². The molecule has 70 valence electrons. The second-order valence-electron chi connectivity index (χ2n) is 2.55. The van der Waals surface area contributed by atoms with E-state index in [-0.39, 0.29) is 0 Å². The molecule has 3 nitrogen and oxygen atoms in total. The summed E-state index contributed by atoms with van der Waals surface area (Å²) in [6.07, 6.45) is 0. The van der Waals surface area contributed by atoms with Crippen molar-refractivity contribution < 1.29 is 9.18 Å². The number of amides is 1. The molecule has 0 saturated heterocycles. The topological polar surface area (TPSA) is 69.1 Å². The number of hydrogen-bond acceptors (Lipinski definition) is 2. The molecule has 0 aliphatic heterocycles. The van der Waals surface area contributed by atoms with Crippen LogP contribution in [-0.2, 0) is 4.79 Å². The number of rotatable bonds is 2. The van der Waals surface area contributed by atoms with Gasteiger partial charge >= 0.3 is 0 Å². The van der Waals surface area contributed by atoms with Crippen molar-refractivity contribution in [2.45, 2.75) is 6.04 Å². The third-order valence-corrected chi connectivity index (χ3v) is 2.29. The Hall–Kier alpha value is -0.940. The molecule has 0 spiro atoms. The molecule has 1 atom stereocenters. The molecule has 1 unspecified atom stereocenters. The van der Waals surface area contributed by atoms with Crippen molar-refractivity contribution >= 4 is 21.8 Å². The molecule has 4 N–H and O–H groups in total. The van der Waals surface area contributed by atoms with Crippen LogP contribution in [0.15, 0.2) is 22.7 Å². The highest BCUT2D eigenvalue weighted by atomic mass is 79.9. The molecule has 0 heterocycles. The van der Waals surface area contributed by atoms with E-state index in [4.69, 9.17) is 11.5 Å². The lowest BCUT2D eigenvalue weighted by Crippen LogP contribution is -2.28. The summed E-state index contributed by atoms with van der Waals surface area (Å²) in [5, 5.41) is 0. The highest BCUT2D eigenvalue weighted by Crippen LogP contribution is 2.22. The second-order valence-corrected chi connectivity index (χ2v) is 3.40. The van der Waals surface area contributed by atoms with Gasteiger partial charge in [0, 0.05) is 4.47 Å². The summed E-state index contributed by atoms with van der Waals surface area (Å²) in [4.78, 5) is 10.7. The van der Waals surface area contributed by atoms with Crippen LogP contribution in [0.5, 0.6) is 0 Å². The Bertz CT molecular complexity index is 343. The molecule has 1 amide bonds. The lowest BCUT2D eigenvalue weighted by molar-refractivity contribution is -0.119. The van der Waals surface area contributed by atoms with E-state index in [1.54, 1.807) is 0 Å².